The molecule has 0 saturated carbocycles. The topological polar surface area (TPSA) is 81.7 Å². The summed E-state index contributed by atoms with van der Waals surface area (Å²) in [5, 5.41) is 0. The highest BCUT2D eigenvalue weighted by Crippen LogP contribution is 2.53. The van der Waals surface area contributed by atoms with E-state index in [1.165, 1.54) is 0 Å². The van der Waals surface area contributed by atoms with Gasteiger partial charge in [-0.25, -0.2) is 4.57 Å². The first kappa shape index (κ1) is 35.9. The SMILES string of the molecule is C[C@@H]1O[C@@H](OP(=O)(OCc2ccccc2)OCc2ccccc2)[C@@H](OCc2ccccc2)[C@H](OCc2ccccc2)[C@@H]1OCc1ccccc1. The van der Waals surface area contributed by atoms with Crippen molar-refractivity contribution in [1.29, 1.82) is 0 Å². The molecule has 50 heavy (non-hydrogen) atoms. The average molecular weight is 695 g/mol. The van der Waals surface area contributed by atoms with Gasteiger partial charge in [-0.3, -0.25) is 13.6 Å². The maximum Gasteiger partial charge on any atom is 0.477 e. The van der Waals surface area contributed by atoms with E-state index in [0.717, 1.165) is 27.8 Å². The van der Waals surface area contributed by atoms with Crippen LogP contribution in [0, 0.1) is 0 Å². The lowest BCUT2D eigenvalue weighted by Crippen LogP contribution is -2.59. The van der Waals surface area contributed by atoms with Crippen molar-refractivity contribution in [1.82, 2.24) is 0 Å². The van der Waals surface area contributed by atoms with E-state index in [2.05, 4.69) is 0 Å². The Morgan fingerprint density at radius 1 is 0.460 bits per heavy atom. The first-order valence-electron chi connectivity index (χ1n) is 16.8. The monoisotopic (exact) mass is 694 g/mol. The standard InChI is InChI=1S/C41H43O8P/c1-32-38(43-27-33-17-7-2-8-18-33)39(44-28-34-19-9-3-10-20-34)40(45-29-35-21-11-4-12-22-35)41(48-32)49-50(42,46-30-36-23-13-5-14-24-36)47-31-37-25-15-6-16-26-37/h2-26,32,38-41H,27-31H2,1H3/t32-,38+,39+,40-,41-/m0/s1. The summed E-state index contributed by atoms with van der Waals surface area (Å²) in [5.74, 6) is 0. The third-order valence-electron chi connectivity index (χ3n) is 8.28. The molecule has 0 aliphatic carbocycles. The van der Waals surface area contributed by atoms with Crippen LogP contribution in [0.5, 0.6) is 0 Å². The molecular formula is C41H43O8P. The molecule has 0 spiro atoms. The molecule has 0 bridgehead atoms. The molecule has 0 radical (unpaired) electrons. The summed E-state index contributed by atoms with van der Waals surface area (Å²) >= 11 is 0. The lowest BCUT2D eigenvalue weighted by Gasteiger charge is -2.45. The highest BCUT2D eigenvalue weighted by Gasteiger charge is 2.50. The zero-order valence-corrected chi connectivity index (χ0v) is 29.0. The molecule has 260 valence electrons. The molecule has 0 N–H and O–H groups in total. The Hall–Kier alpha value is -3.95. The van der Waals surface area contributed by atoms with Crippen molar-refractivity contribution in [3.63, 3.8) is 0 Å². The Bertz CT molecular complexity index is 1680. The van der Waals surface area contributed by atoms with Crippen molar-refractivity contribution in [3.05, 3.63) is 179 Å². The summed E-state index contributed by atoms with van der Waals surface area (Å²) in [6, 6.07) is 48.5. The first-order valence-corrected chi connectivity index (χ1v) is 18.3. The molecule has 8 nitrogen and oxygen atoms in total. The van der Waals surface area contributed by atoms with Crippen LogP contribution in [0.3, 0.4) is 0 Å². The Morgan fingerprint density at radius 2 is 0.780 bits per heavy atom. The third kappa shape index (κ3) is 10.5. The van der Waals surface area contributed by atoms with Crippen LogP contribution < -0.4 is 0 Å². The number of hydrogen-bond acceptors (Lipinski definition) is 8. The molecule has 6 rings (SSSR count). The van der Waals surface area contributed by atoms with Crippen LogP contribution in [0.15, 0.2) is 152 Å². The number of ether oxygens (including phenoxy) is 4. The van der Waals surface area contributed by atoms with Crippen LogP contribution >= 0.6 is 7.82 Å². The minimum atomic E-state index is -4.27. The van der Waals surface area contributed by atoms with Gasteiger partial charge in [0.2, 0.25) is 0 Å². The third-order valence-corrected chi connectivity index (χ3v) is 9.64. The van der Waals surface area contributed by atoms with Crippen LogP contribution in [-0.4, -0.2) is 30.7 Å². The van der Waals surface area contributed by atoms with E-state index in [0.29, 0.717) is 6.61 Å². The molecule has 1 aliphatic heterocycles. The summed E-state index contributed by atoms with van der Waals surface area (Å²) < 4.78 is 59.1. The summed E-state index contributed by atoms with van der Waals surface area (Å²) in [5.41, 5.74) is 4.56. The molecule has 1 fully saturated rings. The second-order valence-corrected chi connectivity index (χ2v) is 13.7. The Kier molecular flexibility index (Phi) is 13.1. The Balaban J connectivity index is 1.30. The maximum absolute atomic E-state index is 14.6. The fraction of sp³-hybridized carbons (Fsp3) is 0.268. The summed E-state index contributed by atoms with van der Waals surface area (Å²) in [6.07, 6.45) is -3.87. The van der Waals surface area contributed by atoms with E-state index in [1.807, 2.05) is 159 Å². The van der Waals surface area contributed by atoms with Gasteiger partial charge < -0.3 is 18.9 Å². The van der Waals surface area contributed by atoms with Crippen molar-refractivity contribution >= 4 is 7.82 Å². The van der Waals surface area contributed by atoms with Crippen LogP contribution in [0.25, 0.3) is 0 Å². The van der Waals surface area contributed by atoms with Crippen LogP contribution in [0.1, 0.15) is 34.7 Å². The van der Waals surface area contributed by atoms with E-state index in [1.54, 1.807) is 0 Å². The molecule has 0 aromatic heterocycles. The minimum absolute atomic E-state index is 0.00146. The van der Waals surface area contributed by atoms with Crippen molar-refractivity contribution in [2.24, 2.45) is 0 Å². The molecule has 5 aromatic carbocycles. The van der Waals surface area contributed by atoms with E-state index in [9.17, 15) is 4.57 Å². The molecule has 1 aliphatic rings. The van der Waals surface area contributed by atoms with Crippen molar-refractivity contribution in [3.8, 4) is 0 Å². The predicted octanol–water partition coefficient (Wildman–Crippen LogP) is 9.05. The highest BCUT2D eigenvalue weighted by atomic mass is 31.2. The van der Waals surface area contributed by atoms with Crippen LogP contribution in [0.4, 0.5) is 0 Å². The molecule has 9 heteroatoms. The number of rotatable bonds is 17. The van der Waals surface area contributed by atoms with E-state index < -0.39 is 38.5 Å². The molecule has 1 heterocycles. The van der Waals surface area contributed by atoms with Gasteiger partial charge in [0.05, 0.1) is 39.1 Å². The van der Waals surface area contributed by atoms with Gasteiger partial charge in [0, 0.05) is 0 Å². The number of hydrogen-bond donors (Lipinski definition) is 0. The average Bonchev–Trinajstić information content (AvgIpc) is 3.17. The van der Waals surface area contributed by atoms with Gasteiger partial charge in [-0.2, -0.15) is 0 Å². The molecule has 0 unspecified atom stereocenters. The van der Waals surface area contributed by atoms with E-state index in [4.69, 9.17) is 32.5 Å². The number of benzene rings is 5. The Morgan fingerprint density at radius 3 is 1.16 bits per heavy atom. The summed E-state index contributed by atoms with van der Waals surface area (Å²) in [7, 11) is -4.27. The van der Waals surface area contributed by atoms with Gasteiger partial charge in [-0.15, -0.1) is 0 Å². The minimum Gasteiger partial charge on any atom is -0.368 e. The fourth-order valence-corrected chi connectivity index (χ4v) is 6.87. The van der Waals surface area contributed by atoms with Crippen LogP contribution in [0.2, 0.25) is 0 Å². The Labute approximate surface area is 294 Å². The van der Waals surface area contributed by atoms with Gasteiger partial charge in [0.15, 0.2) is 6.29 Å². The first-order chi connectivity index (χ1) is 24.5. The van der Waals surface area contributed by atoms with E-state index in [-0.39, 0.29) is 26.4 Å². The smallest absolute Gasteiger partial charge is 0.368 e. The molecule has 0 amide bonds. The van der Waals surface area contributed by atoms with Crippen LogP contribution in [-0.2, 0) is 70.1 Å². The number of phosphoric ester groups is 1. The van der Waals surface area contributed by atoms with Gasteiger partial charge in [-0.1, -0.05) is 152 Å². The lowest BCUT2D eigenvalue weighted by atomic mass is 9.98. The summed E-state index contributed by atoms with van der Waals surface area (Å²) in [6.45, 7) is 2.73. The quantitative estimate of drug-likeness (QED) is 0.0893. The molecular weight excluding hydrogens is 651 g/mol. The second-order valence-electron chi connectivity index (χ2n) is 12.1. The van der Waals surface area contributed by atoms with Gasteiger partial charge in [-0.05, 0) is 34.7 Å². The number of phosphoric acid groups is 1. The van der Waals surface area contributed by atoms with Crippen molar-refractivity contribution < 1.29 is 37.1 Å². The highest BCUT2D eigenvalue weighted by molar-refractivity contribution is 7.48. The zero-order valence-electron chi connectivity index (χ0n) is 28.1. The fourth-order valence-electron chi connectivity index (χ4n) is 5.63. The van der Waals surface area contributed by atoms with Gasteiger partial charge >= 0.3 is 7.82 Å². The maximum atomic E-state index is 14.6. The molecule has 1 saturated heterocycles. The second kappa shape index (κ2) is 18.3. The lowest BCUT2D eigenvalue weighted by molar-refractivity contribution is -0.304. The molecule has 5 aromatic rings. The van der Waals surface area contributed by atoms with Gasteiger partial charge in [0.25, 0.3) is 0 Å². The van der Waals surface area contributed by atoms with E-state index >= 15 is 0 Å². The normalized spacial score (nSPS) is 20.8. The van der Waals surface area contributed by atoms with Crippen molar-refractivity contribution in [2.75, 3.05) is 0 Å². The zero-order chi connectivity index (χ0) is 34.4. The molecule has 5 atom stereocenters. The van der Waals surface area contributed by atoms with Crippen molar-refractivity contribution in [2.45, 2.75) is 70.7 Å². The predicted molar refractivity (Wildman–Crippen MR) is 191 cm³/mol. The van der Waals surface area contributed by atoms with Gasteiger partial charge in [0.1, 0.15) is 18.3 Å². The largest absolute Gasteiger partial charge is 0.477 e. The summed E-state index contributed by atoms with van der Waals surface area (Å²) in [4.78, 5) is 0.